The highest BCUT2D eigenvalue weighted by Gasteiger charge is 2.23. The lowest BCUT2D eigenvalue weighted by Crippen LogP contribution is -2.24. The fourth-order valence-electron chi connectivity index (χ4n) is 2.25. The third-order valence-electron chi connectivity index (χ3n) is 3.52. The average Bonchev–Trinajstić information content (AvgIpc) is 2.54. The van der Waals surface area contributed by atoms with E-state index in [-0.39, 0.29) is 0 Å². The van der Waals surface area contributed by atoms with Crippen LogP contribution in [-0.2, 0) is 5.60 Å². The van der Waals surface area contributed by atoms with E-state index >= 15 is 0 Å². The zero-order valence-corrected chi connectivity index (χ0v) is 12.7. The summed E-state index contributed by atoms with van der Waals surface area (Å²) in [4.78, 5) is 5.24. The van der Waals surface area contributed by atoms with Crippen LogP contribution in [0.1, 0.15) is 12.5 Å². The molecule has 0 amide bonds. The van der Waals surface area contributed by atoms with Gasteiger partial charge < -0.3 is 5.11 Å². The Balaban J connectivity index is 1.77. The largest absolute Gasteiger partial charge is 0.385 e. The first kappa shape index (κ1) is 14.1. The van der Waals surface area contributed by atoms with E-state index in [1.54, 1.807) is 24.2 Å². The van der Waals surface area contributed by atoms with E-state index in [4.69, 9.17) is 0 Å². The van der Waals surface area contributed by atoms with Gasteiger partial charge in [0.15, 0.2) is 0 Å². The molecule has 2 aromatic carbocycles. The molecule has 0 spiro atoms. The highest BCUT2D eigenvalue weighted by Crippen LogP contribution is 2.30. The van der Waals surface area contributed by atoms with Gasteiger partial charge in [0.25, 0.3) is 0 Å². The van der Waals surface area contributed by atoms with Crippen molar-refractivity contribution in [3.05, 3.63) is 72.6 Å². The molecule has 0 aliphatic carbocycles. The monoisotopic (exact) mass is 295 g/mol. The van der Waals surface area contributed by atoms with Crippen LogP contribution in [0, 0.1) is 0 Å². The number of nitrogens with zero attached hydrogens (tertiary/aromatic N) is 1. The summed E-state index contributed by atoms with van der Waals surface area (Å²) < 4.78 is 0. The number of pyridine rings is 1. The molecule has 1 atom stereocenters. The molecular weight excluding hydrogens is 278 g/mol. The van der Waals surface area contributed by atoms with Gasteiger partial charge in [-0.05, 0) is 35.9 Å². The topological polar surface area (TPSA) is 33.1 Å². The molecule has 3 aromatic rings. The van der Waals surface area contributed by atoms with E-state index in [0.717, 1.165) is 10.5 Å². The maximum Gasteiger partial charge on any atom is 0.0976 e. The second kappa shape index (κ2) is 5.88. The van der Waals surface area contributed by atoms with Gasteiger partial charge in [-0.1, -0.05) is 36.4 Å². The van der Waals surface area contributed by atoms with Gasteiger partial charge in [-0.2, -0.15) is 0 Å². The molecule has 3 rings (SSSR count). The minimum Gasteiger partial charge on any atom is -0.385 e. The zero-order valence-electron chi connectivity index (χ0n) is 11.9. The Bertz CT molecular complexity index is 740. The summed E-state index contributed by atoms with van der Waals surface area (Å²) in [5, 5.41) is 13.1. The minimum atomic E-state index is -0.884. The van der Waals surface area contributed by atoms with Gasteiger partial charge >= 0.3 is 0 Å². The summed E-state index contributed by atoms with van der Waals surface area (Å²) in [7, 11) is 0. The van der Waals surface area contributed by atoms with Crippen molar-refractivity contribution < 1.29 is 5.11 Å². The molecule has 0 aliphatic rings. The summed E-state index contributed by atoms with van der Waals surface area (Å²) in [6.45, 7) is 1.83. The number of thioether (sulfide) groups is 1. The first-order chi connectivity index (χ1) is 10.1. The fourth-order valence-corrected chi connectivity index (χ4v) is 3.23. The van der Waals surface area contributed by atoms with Crippen LogP contribution in [0.2, 0.25) is 0 Å². The van der Waals surface area contributed by atoms with Crippen molar-refractivity contribution in [1.82, 2.24) is 4.98 Å². The number of aliphatic hydroxyl groups is 1. The Labute approximate surface area is 128 Å². The Hall–Kier alpha value is -1.84. The number of hydrogen-bond acceptors (Lipinski definition) is 3. The predicted octanol–water partition coefficient (Wildman–Crippen LogP) is 4.23. The van der Waals surface area contributed by atoms with Crippen LogP contribution in [0.4, 0.5) is 0 Å². The summed E-state index contributed by atoms with van der Waals surface area (Å²) in [6, 6.07) is 18.5. The van der Waals surface area contributed by atoms with E-state index in [9.17, 15) is 5.11 Å². The normalized spacial score (nSPS) is 14.0. The molecule has 0 saturated carbocycles. The highest BCUT2D eigenvalue weighted by atomic mass is 32.2. The molecule has 0 aliphatic heterocycles. The Morgan fingerprint density at radius 2 is 1.86 bits per heavy atom. The molecule has 1 unspecified atom stereocenters. The Morgan fingerprint density at radius 1 is 1.05 bits per heavy atom. The van der Waals surface area contributed by atoms with E-state index < -0.39 is 5.60 Å². The molecule has 0 radical (unpaired) electrons. The third kappa shape index (κ3) is 3.26. The molecule has 0 fully saturated rings. The lowest BCUT2D eigenvalue weighted by molar-refractivity contribution is 0.0836. The molecule has 21 heavy (non-hydrogen) atoms. The van der Waals surface area contributed by atoms with E-state index in [0.29, 0.717) is 5.75 Å². The van der Waals surface area contributed by atoms with Crippen LogP contribution in [0.15, 0.2) is 71.9 Å². The SMILES string of the molecule is CC(O)(CSc1ccc2ccccc2c1)c1cccnc1. The number of aromatic nitrogens is 1. The number of fused-ring (bicyclic) bond motifs is 1. The van der Waals surface area contributed by atoms with Gasteiger partial charge in [-0.25, -0.2) is 0 Å². The van der Waals surface area contributed by atoms with Crippen molar-refractivity contribution in [3.8, 4) is 0 Å². The zero-order chi connectivity index (χ0) is 14.7. The summed E-state index contributed by atoms with van der Waals surface area (Å²) in [5.41, 5.74) is -0.0387. The lowest BCUT2D eigenvalue weighted by Gasteiger charge is -2.23. The van der Waals surface area contributed by atoms with Crippen molar-refractivity contribution in [1.29, 1.82) is 0 Å². The lowest BCUT2D eigenvalue weighted by atomic mass is 10.0. The molecule has 0 saturated heterocycles. The van der Waals surface area contributed by atoms with Crippen LogP contribution in [0.3, 0.4) is 0 Å². The average molecular weight is 295 g/mol. The first-order valence-corrected chi connectivity index (χ1v) is 7.88. The Kier molecular flexibility index (Phi) is 3.95. The summed E-state index contributed by atoms with van der Waals surface area (Å²) in [6.07, 6.45) is 3.44. The molecule has 1 N–H and O–H groups in total. The van der Waals surface area contributed by atoms with Crippen LogP contribution < -0.4 is 0 Å². The summed E-state index contributed by atoms with van der Waals surface area (Å²) >= 11 is 1.66. The van der Waals surface area contributed by atoms with Gasteiger partial charge in [0.2, 0.25) is 0 Å². The van der Waals surface area contributed by atoms with Crippen LogP contribution in [-0.4, -0.2) is 15.8 Å². The molecule has 0 bridgehead atoms. The van der Waals surface area contributed by atoms with Gasteiger partial charge in [0.1, 0.15) is 0 Å². The van der Waals surface area contributed by atoms with Crippen LogP contribution >= 0.6 is 11.8 Å². The van der Waals surface area contributed by atoms with Gasteiger partial charge in [-0.15, -0.1) is 11.8 Å². The smallest absolute Gasteiger partial charge is 0.0976 e. The standard InChI is InChI=1S/C18H17NOS/c1-18(20,16-7-4-10-19-12-16)13-21-17-9-8-14-5-2-3-6-15(14)11-17/h2-12,20H,13H2,1H3. The van der Waals surface area contributed by atoms with Crippen LogP contribution in [0.5, 0.6) is 0 Å². The minimum absolute atomic E-state index is 0.594. The number of hydrogen-bond donors (Lipinski definition) is 1. The molecular formula is C18H17NOS. The predicted molar refractivity (Wildman–Crippen MR) is 88.5 cm³/mol. The van der Waals surface area contributed by atoms with E-state index in [2.05, 4.69) is 35.3 Å². The second-order valence-corrected chi connectivity index (χ2v) is 6.36. The quantitative estimate of drug-likeness (QED) is 0.731. The maximum absolute atomic E-state index is 10.6. The molecule has 2 nitrogen and oxygen atoms in total. The van der Waals surface area contributed by atoms with Gasteiger partial charge in [0, 0.05) is 28.6 Å². The fraction of sp³-hybridized carbons (Fsp3) is 0.167. The van der Waals surface area contributed by atoms with Crippen molar-refractivity contribution in [2.45, 2.75) is 17.4 Å². The highest BCUT2D eigenvalue weighted by molar-refractivity contribution is 7.99. The maximum atomic E-state index is 10.6. The molecule has 1 heterocycles. The van der Waals surface area contributed by atoms with E-state index in [1.165, 1.54) is 10.8 Å². The van der Waals surface area contributed by atoms with Crippen LogP contribution in [0.25, 0.3) is 10.8 Å². The number of rotatable bonds is 4. The molecule has 106 valence electrons. The summed E-state index contributed by atoms with van der Waals surface area (Å²) in [5.74, 6) is 0.594. The van der Waals surface area contributed by atoms with Crippen molar-refractivity contribution >= 4 is 22.5 Å². The van der Waals surface area contributed by atoms with Crippen molar-refractivity contribution in [2.75, 3.05) is 5.75 Å². The molecule has 3 heteroatoms. The van der Waals surface area contributed by atoms with E-state index in [1.807, 2.05) is 31.2 Å². The first-order valence-electron chi connectivity index (χ1n) is 6.90. The third-order valence-corrected chi connectivity index (χ3v) is 4.82. The van der Waals surface area contributed by atoms with Gasteiger partial charge in [0.05, 0.1) is 5.60 Å². The Morgan fingerprint density at radius 3 is 2.62 bits per heavy atom. The van der Waals surface area contributed by atoms with Gasteiger partial charge in [-0.3, -0.25) is 4.98 Å². The number of benzene rings is 2. The van der Waals surface area contributed by atoms with Crippen molar-refractivity contribution in [2.24, 2.45) is 0 Å². The molecule has 1 aromatic heterocycles. The second-order valence-electron chi connectivity index (χ2n) is 5.31. The van der Waals surface area contributed by atoms with Crippen molar-refractivity contribution in [3.63, 3.8) is 0 Å².